The molecule has 3 aromatic rings. The van der Waals surface area contributed by atoms with Crippen molar-refractivity contribution in [2.75, 3.05) is 4.90 Å². The van der Waals surface area contributed by atoms with Crippen LogP contribution in [-0.2, 0) is 20.6 Å². The van der Waals surface area contributed by atoms with Crippen LogP contribution in [-0.4, -0.2) is 29.4 Å². The number of ketones is 1. The average Bonchev–Trinajstić information content (AvgIpc) is 3.40. The van der Waals surface area contributed by atoms with E-state index < -0.39 is 47.2 Å². The molecule has 1 saturated heterocycles. The molecule has 0 spiro atoms. The first-order chi connectivity index (χ1) is 16.8. The number of Topliss-reactive ketones (excluding diaryl/α,β-unsaturated/α-hetero) is 1. The first-order valence-corrected chi connectivity index (χ1v) is 10.8. The molecule has 0 aromatic heterocycles. The van der Waals surface area contributed by atoms with Crippen LogP contribution in [0.25, 0.3) is 0 Å². The second-order valence-electron chi connectivity index (χ2n) is 8.26. The third kappa shape index (κ3) is 3.88. The zero-order valence-electron chi connectivity index (χ0n) is 18.1. The Morgan fingerprint density at radius 3 is 2.03 bits per heavy atom. The molecule has 0 unspecified atom stereocenters. The smallest absolute Gasteiger partial charge is 0.296 e. The van der Waals surface area contributed by atoms with Crippen molar-refractivity contribution in [3.63, 3.8) is 0 Å². The lowest BCUT2D eigenvalue weighted by atomic mass is 9.82. The average molecular weight is 477 g/mol. The summed E-state index contributed by atoms with van der Waals surface area (Å²) in [5, 5.41) is 4.05. The minimum Gasteiger partial charge on any atom is -0.296 e. The van der Waals surface area contributed by atoms with Crippen molar-refractivity contribution in [2.45, 2.75) is 18.1 Å². The van der Waals surface area contributed by atoms with E-state index in [1.807, 2.05) is 12.1 Å². The molecule has 35 heavy (non-hydrogen) atoms. The Labute approximate surface area is 198 Å². The number of amides is 2. The zero-order valence-corrected chi connectivity index (χ0v) is 18.1. The van der Waals surface area contributed by atoms with Crippen molar-refractivity contribution in [2.24, 2.45) is 11.0 Å². The van der Waals surface area contributed by atoms with Gasteiger partial charge in [0.15, 0.2) is 5.78 Å². The van der Waals surface area contributed by atoms with Gasteiger partial charge in [0.05, 0.1) is 17.2 Å². The van der Waals surface area contributed by atoms with Gasteiger partial charge >= 0.3 is 6.18 Å². The van der Waals surface area contributed by atoms with E-state index in [1.165, 1.54) is 6.07 Å². The van der Waals surface area contributed by atoms with Gasteiger partial charge in [-0.15, -0.1) is 0 Å². The third-order valence-corrected chi connectivity index (χ3v) is 6.14. The molecule has 0 bridgehead atoms. The Balaban J connectivity index is 1.50. The Bertz CT molecular complexity index is 1300. The zero-order chi connectivity index (χ0) is 24.7. The molecule has 0 aliphatic carbocycles. The highest BCUT2D eigenvalue weighted by Gasteiger charge is 2.56. The number of imide groups is 1. The first kappa shape index (κ1) is 22.5. The number of carbonyl (C=O) groups excluding carboxylic acids is 3. The molecule has 176 valence electrons. The molecule has 2 amide bonds. The van der Waals surface area contributed by atoms with Crippen LogP contribution < -0.4 is 10.3 Å². The molecular weight excluding hydrogens is 459 g/mol. The van der Waals surface area contributed by atoms with Crippen molar-refractivity contribution >= 4 is 29.0 Å². The van der Waals surface area contributed by atoms with Crippen LogP contribution in [0, 0.1) is 5.92 Å². The number of benzene rings is 3. The largest absolute Gasteiger partial charge is 0.416 e. The summed E-state index contributed by atoms with van der Waals surface area (Å²) >= 11 is 0. The van der Waals surface area contributed by atoms with Crippen molar-refractivity contribution in [1.29, 1.82) is 0 Å². The Morgan fingerprint density at radius 2 is 1.46 bits per heavy atom. The SMILES string of the molecule is O=C(C1=NN[C@@H]2C(=O)N(c3cccc(C(F)(F)F)c3)C(=O)[C@@H]12)C(c1ccccc1)c1ccccc1. The molecule has 2 aliphatic heterocycles. The van der Waals surface area contributed by atoms with E-state index in [9.17, 15) is 27.6 Å². The predicted octanol–water partition coefficient (Wildman–Crippen LogP) is 3.92. The Kier molecular flexibility index (Phi) is 5.47. The minimum absolute atomic E-state index is 0.125. The number of rotatable bonds is 5. The van der Waals surface area contributed by atoms with Crippen LogP contribution in [0.1, 0.15) is 22.6 Å². The van der Waals surface area contributed by atoms with Crippen molar-refractivity contribution in [1.82, 2.24) is 5.43 Å². The molecular formula is C26H18F3N3O3. The number of nitrogens with zero attached hydrogens (tertiary/aromatic N) is 2. The monoisotopic (exact) mass is 477 g/mol. The normalized spacial score (nSPS) is 19.5. The van der Waals surface area contributed by atoms with E-state index in [4.69, 9.17) is 0 Å². The number of halogens is 3. The highest BCUT2D eigenvalue weighted by molar-refractivity contribution is 6.50. The summed E-state index contributed by atoms with van der Waals surface area (Å²) in [6.07, 6.45) is -4.64. The van der Waals surface area contributed by atoms with Crippen LogP contribution in [0.2, 0.25) is 0 Å². The van der Waals surface area contributed by atoms with Crippen molar-refractivity contribution in [3.8, 4) is 0 Å². The standard InChI is InChI=1S/C26H18F3N3O3/c27-26(28,29)17-12-7-13-18(14-17)32-24(34)20-21(30-31-22(20)25(32)35)23(33)19(15-8-3-1-4-9-15)16-10-5-2-6-11-16/h1-14,19-20,22,31H/t20-,22-/m0/s1. The molecule has 0 saturated carbocycles. The van der Waals surface area contributed by atoms with Gasteiger partial charge in [-0.3, -0.25) is 19.8 Å². The van der Waals surface area contributed by atoms with E-state index in [0.717, 1.165) is 18.2 Å². The Morgan fingerprint density at radius 1 is 0.857 bits per heavy atom. The lowest BCUT2D eigenvalue weighted by Crippen LogP contribution is -2.36. The van der Waals surface area contributed by atoms with Gasteiger partial charge in [0.1, 0.15) is 17.7 Å². The van der Waals surface area contributed by atoms with Gasteiger partial charge in [-0.1, -0.05) is 66.7 Å². The molecule has 2 atom stereocenters. The van der Waals surface area contributed by atoms with E-state index in [0.29, 0.717) is 16.0 Å². The summed E-state index contributed by atoms with van der Waals surface area (Å²) in [4.78, 5) is 40.8. The van der Waals surface area contributed by atoms with E-state index in [-0.39, 0.29) is 11.4 Å². The number of hydrazone groups is 1. The number of fused-ring (bicyclic) bond motifs is 1. The molecule has 6 nitrogen and oxygen atoms in total. The Hall–Kier alpha value is -4.27. The van der Waals surface area contributed by atoms with Gasteiger partial charge in [0, 0.05) is 0 Å². The summed E-state index contributed by atoms with van der Waals surface area (Å²) in [6.45, 7) is 0. The summed E-state index contributed by atoms with van der Waals surface area (Å²) < 4.78 is 39.6. The summed E-state index contributed by atoms with van der Waals surface area (Å²) in [5.74, 6) is -4.03. The van der Waals surface area contributed by atoms with Gasteiger partial charge in [0.2, 0.25) is 5.91 Å². The molecule has 0 radical (unpaired) electrons. The van der Waals surface area contributed by atoms with Crippen LogP contribution in [0.15, 0.2) is 90.0 Å². The highest BCUT2D eigenvalue weighted by Crippen LogP contribution is 2.37. The van der Waals surface area contributed by atoms with Crippen LogP contribution >= 0.6 is 0 Å². The summed E-state index contributed by atoms with van der Waals surface area (Å²) in [7, 11) is 0. The fraction of sp³-hybridized carbons (Fsp3) is 0.154. The third-order valence-electron chi connectivity index (χ3n) is 6.14. The molecule has 9 heteroatoms. The molecule has 3 aromatic carbocycles. The number of hydrogen-bond donors (Lipinski definition) is 1. The van der Waals surface area contributed by atoms with Crippen molar-refractivity contribution < 1.29 is 27.6 Å². The molecule has 5 rings (SSSR count). The number of nitrogens with one attached hydrogen (secondary N) is 1. The molecule has 1 fully saturated rings. The second-order valence-corrected chi connectivity index (χ2v) is 8.26. The summed E-state index contributed by atoms with van der Waals surface area (Å²) in [6, 6.07) is 20.7. The van der Waals surface area contributed by atoms with E-state index in [1.54, 1.807) is 48.5 Å². The van der Waals surface area contributed by atoms with Gasteiger partial charge in [-0.05, 0) is 29.3 Å². The fourth-order valence-corrected chi connectivity index (χ4v) is 4.50. The number of carbonyl (C=O) groups is 3. The maximum Gasteiger partial charge on any atom is 0.416 e. The van der Waals surface area contributed by atoms with E-state index in [2.05, 4.69) is 10.5 Å². The summed E-state index contributed by atoms with van der Waals surface area (Å²) in [5.41, 5.74) is 2.61. The molecule has 2 heterocycles. The second kappa shape index (κ2) is 8.50. The maximum absolute atomic E-state index is 13.8. The lowest BCUT2D eigenvalue weighted by Gasteiger charge is -2.19. The molecule has 1 N–H and O–H groups in total. The lowest BCUT2D eigenvalue weighted by molar-refractivity contribution is -0.137. The van der Waals surface area contributed by atoms with E-state index >= 15 is 0 Å². The van der Waals surface area contributed by atoms with Gasteiger partial charge < -0.3 is 0 Å². The minimum atomic E-state index is -4.64. The molecule has 2 aliphatic rings. The predicted molar refractivity (Wildman–Crippen MR) is 122 cm³/mol. The van der Waals surface area contributed by atoms with Crippen molar-refractivity contribution in [3.05, 3.63) is 102 Å². The number of alkyl halides is 3. The topological polar surface area (TPSA) is 78.8 Å². The number of hydrogen-bond acceptors (Lipinski definition) is 5. The highest BCUT2D eigenvalue weighted by atomic mass is 19.4. The van der Waals surface area contributed by atoms with Gasteiger partial charge in [-0.25, -0.2) is 4.90 Å². The van der Waals surface area contributed by atoms with Gasteiger partial charge in [-0.2, -0.15) is 18.3 Å². The fourth-order valence-electron chi connectivity index (χ4n) is 4.50. The quantitative estimate of drug-likeness (QED) is 0.565. The number of anilines is 1. The van der Waals surface area contributed by atoms with Crippen LogP contribution in [0.4, 0.5) is 18.9 Å². The van der Waals surface area contributed by atoms with Crippen LogP contribution in [0.3, 0.4) is 0 Å². The first-order valence-electron chi connectivity index (χ1n) is 10.8. The maximum atomic E-state index is 13.8. The van der Waals surface area contributed by atoms with Gasteiger partial charge in [0.25, 0.3) is 5.91 Å². The van der Waals surface area contributed by atoms with Crippen LogP contribution in [0.5, 0.6) is 0 Å².